The van der Waals surface area contributed by atoms with Crippen molar-refractivity contribution in [3.05, 3.63) is 22.8 Å². The molecule has 2 saturated carbocycles. The molecule has 4 rings (SSSR count). The van der Waals surface area contributed by atoms with Gasteiger partial charge in [-0.1, -0.05) is 58.8 Å². The number of rotatable bonds is 5. The second kappa shape index (κ2) is 8.25. The fraction of sp³-hybridized carbons (Fsp3) is 0.833. The van der Waals surface area contributed by atoms with Gasteiger partial charge in [0.2, 0.25) is 0 Å². The fourth-order valence-corrected chi connectivity index (χ4v) is 9.48. The third-order valence-electron chi connectivity index (χ3n) is 11.9. The molecule has 2 N–H and O–H groups in total. The van der Waals surface area contributed by atoms with E-state index >= 15 is 0 Å². The summed E-state index contributed by atoms with van der Waals surface area (Å²) in [6.45, 7) is 16.5. The molecule has 4 aliphatic rings. The summed E-state index contributed by atoms with van der Waals surface area (Å²) in [4.78, 5) is 11.1. The Morgan fingerprint density at radius 2 is 1.73 bits per heavy atom. The SMILES string of the molecule is C/C(=C\CC[C@H](C)[C@@H]1CC[C@]2(C)C3=C(CC[C@@]12C)[C@@]1(C)CC[C@H](O)C(C)(C)[C@@H]1CC3)C(=O)O. The Morgan fingerprint density at radius 1 is 1.03 bits per heavy atom. The molecule has 0 aliphatic heterocycles. The fourth-order valence-electron chi connectivity index (χ4n) is 9.48. The highest BCUT2D eigenvalue weighted by atomic mass is 16.4. The van der Waals surface area contributed by atoms with Crippen molar-refractivity contribution in [1.29, 1.82) is 0 Å². The topological polar surface area (TPSA) is 57.5 Å². The molecule has 0 unspecified atom stereocenters. The molecule has 3 nitrogen and oxygen atoms in total. The summed E-state index contributed by atoms with van der Waals surface area (Å²) in [5.74, 6) is 1.12. The van der Waals surface area contributed by atoms with Gasteiger partial charge >= 0.3 is 5.97 Å². The van der Waals surface area contributed by atoms with Gasteiger partial charge in [-0.2, -0.15) is 0 Å². The first-order valence-electron chi connectivity index (χ1n) is 13.6. The standard InChI is InChI=1S/C30H48O3/c1-19(9-8-10-20(2)26(32)33)21-13-17-30(7)23-11-12-24-27(3,4)25(31)15-16-28(24,5)22(23)14-18-29(21,30)6/h10,19,21,24-25,31H,8-9,11-18H2,1-7H3,(H,32,33)/b20-10+/t19-,21-,24-,25-,28+,29-,30+/m0/s1. The van der Waals surface area contributed by atoms with E-state index in [-0.39, 0.29) is 16.9 Å². The number of aliphatic hydroxyl groups is 1. The quantitative estimate of drug-likeness (QED) is 0.332. The number of fused-ring (bicyclic) bond motifs is 4. The maximum atomic E-state index is 11.1. The molecule has 0 aromatic carbocycles. The van der Waals surface area contributed by atoms with Crippen LogP contribution in [0.5, 0.6) is 0 Å². The van der Waals surface area contributed by atoms with E-state index < -0.39 is 5.97 Å². The van der Waals surface area contributed by atoms with Gasteiger partial charge in [0.05, 0.1) is 6.10 Å². The van der Waals surface area contributed by atoms with Crippen molar-refractivity contribution in [2.75, 3.05) is 0 Å². The van der Waals surface area contributed by atoms with Gasteiger partial charge in [0.15, 0.2) is 0 Å². The van der Waals surface area contributed by atoms with Crippen molar-refractivity contribution in [3.63, 3.8) is 0 Å². The molecule has 2 fully saturated rings. The van der Waals surface area contributed by atoms with E-state index in [1.165, 1.54) is 38.5 Å². The summed E-state index contributed by atoms with van der Waals surface area (Å²) >= 11 is 0. The maximum Gasteiger partial charge on any atom is 0.330 e. The van der Waals surface area contributed by atoms with Crippen molar-refractivity contribution in [2.24, 2.45) is 39.4 Å². The molecule has 7 atom stereocenters. The lowest BCUT2D eigenvalue weighted by molar-refractivity contribution is -0.132. The first-order chi connectivity index (χ1) is 15.3. The predicted molar refractivity (Wildman–Crippen MR) is 135 cm³/mol. The van der Waals surface area contributed by atoms with Crippen molar-refractivity contribution >= 4 is 5.97 Å². The monoisotopic (exact) mass is 456 g/mol. The molecular weight excluding hydrogens is 408 g/mol. The van der Waals surface area contributed by atoms with Crippen molar-refractivity contribution in [3.8, 4) is 0 Å². The Labute approximate surface area is 202 Å². The maximum absolute atomic E-state index is 11.1. The van der Waals surface area contributed by atoms with E-state index in [1.807, 2.05) is 6.08 Å². The first kappa shape index (κ1) is 25.0. The van der Waals surface area contributed by atoms with Gasteiger partial charge < -0.3 is 10.2 Å². The molecule has 4 aliphatic carbocycles. The number of carbonyl (C=O) groups is 1. The molecule has 3 heteroatoms. The molecule has 0 heterocycles. The van der Waals surface area contributed by atoms with Crippen LogP contribution < -0.4 is 0 Å². The summed E-state index contributed by atoms with van der Waals surface area (Å²) in [6.07, 6.45) is 13.3. The van der Waals surface area contributed by atoms with Gasteiger partial charge in [-0.3, -0.25) is 0 Å². The third-order valence-corrected chi connectivity index (χ3v) is 11.9. The summed E-state index contributed by atoms with van der Waals surface area (Å²) in [5, 5.41) is 20.0. The molecule has 186 valence electrons. The van der Waals surface area contributed by atoms with Gasteiger partial charge in [0.1, 0.15) is 0 Å². The number of carboxylic acids is 1. The van der Waals surface area contributed by atoms with Crippen molar-refractivity contribution < 1.29 is 15.0 Å². The van der Waals surface area contributed by atoms with Crippen LogP contribution >= 0.6 is 0 Å². The van der Waals surface area contributed by atoms with Crippen LogP contribution in [0, 0.1) is 39.4 Å². The van der Waals surface area contributed by atoms with E-state index in [9.17, 15) is 9.90 Å². The Morgan fingerprint density at radius 3 is 2.39 bits per heavy atom. The number of hydrogen-bond acceptors (Lipinski definition) is 2. The first-order valence-corrected chi connectivity index (χ1v) is 13.6. The lowest BCUT2D eigenvalue weighted by Crippen LogP contribution is -2.55. The molecule has 0 spiro atoms. The van der Waals surface area contributed by atoms with E-state index in [0.29, 0.717) is 34.2 Å². The Hall–Kier alpha value is -1.09. The average Bonchev–Trinajstić information content (AvgIpc) is 3.02. The largest absolute Gasteiger partial charge is 0.478 e. The van der Waals surface area contributed by atoms with Crippen molar-refractivity contribution in [1.82, 2.24) is 0 Å². The number of aliphatic carboxylic acids is 1. The van der Waals surface area contributed by atoms with Crippen LogP contribution in [0.2, 0.25) is 0 Å². The Bertz CT molecular complexity index is 866. The minimum absolute atomic E-state index is 0.00150. The van der Waals surface area contributed by atoms with Crippen LogP contribution in [-0.4, -0.2) is 22.3 Å². The highest BCUT2D eigenvalue weighted by molar-refractivity contribution is 5.85. The third kappa shape index (κ3) is 3.58. The molecule has 0 bridgehead atoms. The Kier molecular flexibility index (Phi) is 6.25. The smallest absolute Gasteiger partial charge is 0.330 e. The summed E-state index contributed by atoms with van der Waals surface area (Å²) in [5.41, 5.74) is 4.95. The predicted octanol–water partition coefficient (Wildman–Crippen LogP) is 7.54. The van der Waals surface area contributed by atoms with Crippen LogP contribution in [0.3, 0.4) is 0 Å². The minimum atomic E-state index is -0.794. The Balaban J connectivity index is 1.60. The van der Waals surface area contributed by atoms with E-state index in [1.54, 1.807) is 18.1 Å². The van der Waals surface area contributed by atoms with E-state index in [0.717, 1.165) is 25.7 Å². The average molecular weight is 457 g/mol. The minimum Gasteiger partial charge on any atom is -0.478 e. The summed E-state index contributed by atoms with van der Waals surface area (Å²) < 4.78 is 0. The van der Waals surface area contributed by atoms with Crippen LogP contribution in [0.25, 0.3) is 0 Å². The van der Waals surface area contributed by atoms with Gasteiger partial charge in [-0.15, -0.1) is 0 Å². The molecule has 0 aromatic heterocycles. The zero-order chi connectivity index (χ0) is 24.4. The highest BCUT2D eigenvalue weighted by Crippen LogP contribution is 2.72. The highest BCUT2D eigenvalue weighted by Gasteiger charge is 2.63. The second-order valence-corrected chi connectivity index (χ2v) is 13.5. The lowest BCUT2D eigenvalue weighted by atomic mass is 9.43. The van der Waals surface area contributed by atoms with E-state index in [2.05, 4.69) is 41.5 Å². The number of carboxylic acid groups (broad SMARTS) is 1. The van der Waals surface area contributed by atoms with Gasteiger partial charge in [0, 0.05) is 5.57 Å². The number of allylic oxidation sites excluding steroid dienone is 3. The zero-order valence-electron chi connectivity index (χ0n) is 22.3. The van der Waals surface area contributed by atoms with E-state index in [4.69, 9.17) is 5.11 Å². The number of aliphatic hydroxyl groups excluding tert-OH is 1. The normalized spacial score (nSPS) is 43.5. The van der Waals surface area contributed by atoms with Crippen LogP contribution in [-0.2, 0) is 4.79 Å². The molecule has 0 radical (unpaired) electrons. The van der Waals surface area contributed by atoms with Crippen LogP contribution in [0.15, 0.2) is 22.8 Å². The van der Waals surface area contributed by atoms with Crippen LogP contribution in [0.1, 0.15) is 113 Å². The summed E-state index contributed by atoms with van der Waals surface area (Å²) in [6, 6.07) is 0. The van der Waals surface area contributed by atoms with Gasteiger partial charge in [-0.25, -0.2) is 4.79 Å². The van der Waals surface area contributed by atoms with Gasteiger partial charge in [-0.05, 0) is 111 Å². The second-order valence-electron chi connectivity index (χ2n) is 13.5. The zero-order valence-corrected chi connectivity index (χ0v) is 22.3. The van der Waals surface area contributed by atoms with Crippen molar-refractivity contribution in [2.45, 2.75) is 119 Å². The number of hydrogen-bond donors (Lipinski definition) is 2. The lowest BCUT2D eigenvalue weighted by Gasteiger charge is -2.62. The van der Waals surface area contributed by atoms with Crippen LogP contribution in [0.4, 0.5) is 0 Å². The van der Waals surface area contributed by atoms with Gasteiger partial charge in [0.25, 0.3) is 0 Å². The molecule has 0 aromatic rings. The molecule has 33 heavy (non-hydrogen) atoms. The molecule has 0 saturated heterocycles. The molecular formula is C30H48O3. The molecule has 0 amide bonds. The summed E-state index contributed by atoms with van der Waals surface area (Å²) in [7, 11) is 0.